The highest BCUT2D eigenvalue weighted by molar-refractivity contribution is 5.10. The van der Waals surface area contributed by atoms with Crippen LogP contribution in [0.2, 0.25) is 0 Å². The second kappa shape index (κ2) is 7.12. The Morgan fingerprint density at radius 2 is 2.05 bits per heavy atom. The molecule has 0 aliphatic heterocycles. The Bertz CT molecular complexity index is 507. The normalized spacial score (nSPS) is 12.8. The summed E-state index contributed by atoms with van der Waals surface area (Å²) in [6.07, 6.45) is 7.93. The summed E-state index contributed by atoms with van der Waals surface area (Å²) in [7, 11) is 0. The predicted molar refractivity (Wildman–Crippen MR) is 77.8 cm³/mol. The molecule has 0 radical (unpaired) electrons. The Labute approximate surface area is 119 Å². The third-order valence-electron chi connectivity index (χ3n) is 3.33. The van der Waals surface area contributed by atoms with Crippen molar-refractivity contribution in [3.8, 4) is 0 Å². The molecular weight excluding hydrogens is 252 g/mol. The standard InChI is InChI=1S/C14H22N6/c1-11(2)20-14(17-10-18-20)9-13(19-15)4-3-12-5-7-16-8-6-12/h5-8,10-11,13,19H,3-4,9,15H2,1-2H3. The number of hydrazine groups is 1. The summed E-state index contributed by atoms with van der Waals surface area (Å²) < 4.78 is 1.94. The van der Waals surface area contributed by atoms with Crippen molar-refractivity contribution in [2.24, 2.45) is 5.84 Å². The summed E-state index contributed by atoms with van der Waals surface area (Å²) in [6.45, 7) is 4.19. The maximum Gasteiger partial charge on any atom is 0.138 e. The highest BCUT2D eigenvalue weighted by Crippen LogP contribution is 2.10. The highest BCUT2D eigenvalue weighted by atomic mass is 15.3. The summed E-state index contributed by atoms with van der Waals surface area (Å²) in [5.74, 6) is 6.63. The van der Waals surface area contributed by atoms with Crippen LogP contribution >= 0.6 is 0 Å². The number of nitrogens with zero attached hydrogens (tertiary/aromatic N) is 4. The Kier molecular flexibility index (Phi) is 5.20. The number of rotatable bonds is 7. The summed E-state index contributed by atoms with van der Waals surface area (Å²) in [5, 5.41) is 4.25. The van der Waals surface area contributed by atoms with Gasteiger partial charge in [0.15, 0.2) is 0 Å². The molecule has 2 heterocycles. The number of aryl methyl sites for hydroxylation is 1. The third kappa shape index (κ3) is 3.85. The molecule has 2 aromatic heterocycles. The number of nitrogens with two attached hydrogens (primary N) is 1. The minimum absolute atomic E-state index is 0.185. The van der Waals surface area contributed by atoms with Gasteiger partial charge in [0.25, 0.3) is 0 Å². The van der Waals surface area contributed by atoms with Crippen molar-refractivity contribution in [3.05, 3.63) is 42.2 Å². The fraction of sp³-hybridized carbons (Fsp3) is 0.500. The molecule has 2 aromatic rings. The molecule has 1 unspecified atom stereocenters. The lowest BCUT2D eigenvalue weighted by molar-refractivity contribution is 0.444. The van der Waals surface area contributed by atoms with E-state index in [9.17, 15) is 0 Å². The SMILES string of the molecule is CC(C)n1ncnc1CC(CCc1ccncc1)NN. The molecule has 0 saturated carbocycles. The first-order valence-electron chi connectivity index (χ1n) is 6.94. The topological polar surface area (TPSA) is 81.7 Å². The van der Waals surface area contributed by atoms with Gasteiger partial charge >= 0.3 is 0 Å². The predicted octanol–water partition coefficient (Wildman–Crippen LogP) is 1.26. The van der Waals surface area contributed by atoms with Crippen molar-refractivity contribution in [3.63, 3.8) is 0 Å². The van der Waals surface area contributed by atoms with Crippen LogP contribution in [0, 0.1) is 0 Å². The van der Waals surface area contributed by atoms with Crippen LogP contribution in [-0.4, -0.2) is 25.8 Å². The molecule has 0 fully saturated rings. The second-order valence-electron chi connectivity index (χ2n) is 5.18. The molecule has 0 aliphatic carbocycles. The van der Waals surface area contributed by atoms with Crippen molar-refractivity contribution in [1.29, 1.82) is 0 Å². The van der Waals surface area contributed by atoms with Crippen molar-refractivity contribution in [2.45, 2.75) is 45.2 Å². The van der Waals surface area contributed by atoms with E-state index in [0.717, 1.165) is 25.1 Å². The minimum Gasteiger partial charge on any atom is -0.271 e. The van der Waals surface area contributed by atoms with Gasteiger partial charge < -0.3 is 0 Å². The van der Waals surface area contributed by atoms with E-state index in [1.54, 1.807) is 6.33 Å². The molecule has 108 valence electrons. The van der Waals surface area contributed by atoms with Gasteiger partial charge in [-0.05, 0) is 44.4 Å². The van der Waals surface area contributed by atoms with Gasteiger partial charge in [0.1, 0.15) is 12.2 Å². The molecule has 6 nitrogen and oxygen atoms in total. The molecule has 0 spiro atoms. The van der Waals surface area contributed by atoms with E-state index in [-0.39, 0.29) is 6.04 Å². The van der Waals surface area contributed by atoms with Gasteiger partial charge in [-0.2, -0.15) is 5.10 Å². The highest BCUT2D eigenvalue weighted by Gasteiger charge is 2.14. The van der Waals surface area contributed by atoms with Gasteiger partial charge in [-0.1, -0.05) is 0 Å². The summed E-state index contributed by atoms with van der Waals surface area (Å²) >= 11 is 0. The third-order valence-corrected chi connectivity index (χ3v) is 3.33. The van der Waals surface area contributed by atoms with Crippen molar-refractivity contribution >= 4 is 0 Å². The molecule has 3 N–H and O–H groups in total. The minimum atomic E-state index is 0.185. The molecule has 0 bridgehead atoms. The first-order valence-corrected chi connectivity index (χ1v) is 6.94. The van der Waals surface area contributed by atoms with Gasteiger partial charge in [0, 0.05) is 30.9 Å². The number of nitrogens with one attached hydrogen (secondary N) is 1. The Morgan fingerprint density at radius 3 is 2.70 bits per heavy atom. The number of aromatic nitrogens is 4. The molecule has 2 rings (SSSR count). The Hall–Kier alpha value is -1.79. The van der Waals surface area contributed by atoms with E-state index in [1.165, 1.54) is 5.56 Å². The van der Waals surface area contributed by atoms with E-state index in [2.05, 4.69) is 34.3 Å². The average molecular weight is 274 g/mol. The number of pyridine rings is 1. The lowest BCUT2D eigenvalue weighted by atomic mass is 10.0. The quantitative estimate of drug-likeness (QED) is 0.587. The van der Waals surface area contributed by atoms with E-state index in [4.69, 9.17) is 5.84 Å². The van der Waals surface area contributed by atoms with Crippen LogP contribution < -0.4 is 11.3 Å². The van der Waals surface area contributed by atoms with Gasteiger partial charge in [0.2, 0.25) is 0 Å². The monoisotopic (exact) mass is 274 g/mol. The zero-order valence-electron chi connectivity index (χ0n) is 12.0. The fourth-order valence-corrected chi connectivity index (χ4v) is 2.21. The molecule has 0 amide bonds. The van der Waals surface area contributed by atoms with Crippen LogP contribution in [0.4, 0.5) is 0 Å². The molecule has 1 atom stereocenters. The van der Waals surface area contributed by atoms with Crippen molar-refractivity contribution in [2.75, 3.05) is 0 Å². The molecule has 20 heavy (non-hydrogen) atoms. The largest absolute Gasteiger partial charge is 0.271 e. The smallest absolute Gasteiger partial charge is 0.138 e. The van der Waals surface area contributed by atoms with E-state index in [0.29, 0.717) is 6.04 Å². The van der Waals surface area contributed by atoms with E-state index >= 15 is 0 Å². The van der Waals surface area contributed by atoms with E-state index < -0.39 is 0 Å². The molecule has 0 aromatic carbocycles. The maximum absolute atomic E-state index is 5.66. The van der Waals surface area contributed by atoms with Gasteiger partial charge in [-0.15, -0.1) is 0 Å². The number of hydrogen-bond acceptors (Lipinski definition) is 5. The summed E-state index contributed by atoms with van der Waals surface area (Å²) in [6, 6.07) is 4.56. The molecule has 0 saturated heterocycles. The molecule has 0 aliphatic rings. The van der Waals surface area contributed by atoms with Crippen LogP contribution in [0.5, 0.6) is 0 Å². The lowest BCUT2D eigenvalue weighted by Gasteiger charge is -2.17. The van der Waals surface area contributed by atoms with Crippen LogP contribution in [-0.2, 0) is 12.8 Å². The van der Waals surface area contributed by atoms with Crippen LogP contribution in [0.3, 0.4) is 0 Å². The Morgan fingerprint density at radius 1 is 1.30 bits per heavy atom. The fourth-order valence-electron chi connectivity index (χ4n) is 2.21. The number of hydrogen-bond donors (Lipinski definition) is 2. The maximum atomic E-state index is 5.66. The summed E-state index contributed by atoms with van der Waals surface area (Å²) in [5.41, 5.74) is 4.15. The van der Waals surface area contributed by atoms with Crippen molar-refractivity contribution in [1.82, 2.24) is 25.2 Å². The van der Waals surface area contributed by atoms with Crippen LogP contribution in [0.25, 0.3) is 0 Å². The first kappa shape index (κ1) is 14.6. The van der Waals surface area contributed by atoms with Crippen LogP contribution in [0.15, 0.2) is 30.9 Å². The van der Waals surface area contributed by atoms with Crippen molar-refractivity contribution < 1.29 is 0 Å². The van der Waals surface area contributed by atoms with Gasteiger partial charge in [0.05, 0.1) is 0 Å². The van der Waals surface area contributed by atoms with Gasteiger partial charge in [-0.25, -0.2) is 9.67 Å². The first-order chi connectivity index (χ1) is 9.70. The van der Waals surface area contributed by atoms with E-state index in [1.807, 2.05) is 29.2 Å². The van der Waals surface area contributed by atoms with Gasteiger partial charge in [-0.3, -0.25) is 16.3 Å². The second-order valence-corrected chi connectivity index (χ2v) is 5.18. The summed E-state index contributed by atoms with van der Waals surface area (Å²) in [4.78, 5) is 8.35. The Balaban J connectivity index is 1.93. The molecule has 6 heteroatoms. The average Bonchev–Trinajstić information content (AvgIpc) is 2.93. The van der Waals surface area contributed by atoms with Crippen LogP contribution in [0.1, 0.15) is 37.7 Å². The zero-order chi connectivity index (χ0) is 14.4. The zero-order valence-corrected chi connectivity index (χ0v) is 12.0. The molecular formula is C14H22N6. The lowest BCUT2D eigenvalue weighted by Crippen LogP contribution is -2.38.